The van der Waals surface area contributed by atoms with Crippen molar-refractivity contribution >= 4 is 28.8 Å². The summed E-state index contributed by atoms with van der Waals surface area (Å²) in [4.78, 5) is 32.0. The molecule has 168 valence electrons. The monoisotopic (exact) mass is 446 g/mol. The molecule has 8 heteroatoms. The number of para-hydroxylation sites is 1. The van der Waals surface area contributed by atoms with E-state index in [0.717, 1.165) is 18.0 Å². The summed E-state index contributed by atoms with van der Waals surface area (Å²) in [5.74, 6) is -1.27. The molecule has 3 rings (SSSR count). The van der Waals surface area contributed by atoms with Crippen molar-refractivity contribution in [1.29, 1.82) is 0 Å². The molecule has 0 aliphatic carbocycles. The summed E-state index contributed by atoms with van der Waals surface area (Å²) in [6.07, 6.45) is 0. The lowest BCUT2D eigenvalue weighted by atomic mass is 10.0. The van der Waals surface area contributed by atoms with Gasteiger partial charge in [0.25, 0.3) is 0 Å². The Labute approximate surface area is 187 Å². The van der Waals surface area contributed by atoms with Gasteiger partial charge >= 0.3 is 11.8 Å². The lowest BCUT2D eigenvalue weighted by Crippen LogP contribution is -2.54. The van der Waals surface area contributed by atoms with E-state index in [1.165, 1.54) is 11.0 Å². The van der Waals surface area contributed by atoms with Gasteiger partial charge in [-0.05, 0) is 44.4 Å². The van der Waals surface area contributed by atoms with Crippen molar-refractivity contribution in [2.24, 2.45) is 0 Å². The molecule has 1 saturated heterocycles. The number of amides is 2. The van der Waals surface area contributed by atoms with Gasteiger partial charge in [0.05, 0.1) is 11.7 Å². The highest BCUT2D eigenvalue weighted by Gasteiger charge is 2.32. The largest absolute Gasteiger partial charge is 0.367 e. The molecule has 2 amide bonds. The first kappa shape index (κ1) is 23.2. The van der Waals surface area contributed by atoms with Crippen LogP contribution in [0.25, 0.3) is 0 Å². The van der Waals surface area contributed by atoms with Gasteiger partial charge in [-0.25, -0.2) is 4.39 Å². The van der Waals surface area contributed by atoms with Crippen LogP contribution in [0, 0.1) is 5.82 Å². The van der Waals surface area contributed by atoms with Crippen molar-refractivity contribution in [1.82, 2.24) is 15.1 Å². The van der Waals surface area contributed by atoms with Crippen molar-refractivity contribution in [2.75, 3.05) is 44.2 Å². The molecule has 0 radical (unpaired) electrons. The van der Waals surface area contributed by atoms with E-state index < -0.39 is 11.8 Å². The van der Waals surface area contributed by atoms with Crippen molar-refractivity contribution in [3.63, 3.8) is 0 Å². The highest BCUT2D eigenvalue weighted by Crippen LogP contribution is 2.30. The number of thiophene rings is 1. The minimum absolute atomic E-state index is 0.0452. The number of piperazine rings is 1. The van der Waals surface area contributed by atoms with Crippen LogP contribution in [0.5, 0.6) is 0 Å². The molecule has 6 nitrogen and oxygen atoms in total. The zero-order valence-corrected chi connectivity index (χ0v) is 19.2. The standard InChI is InChI=1S/C23H31FN4O2S/c1-4-26(5-2)23(30)22(29)25-17(3)21(20-11-8-16-31-20)28-14-12-27(13-15-28)19-10-7-6-9-18(19)24/h6-11,16-17,21H,4-5,12-15H2,1-3H3,(H,25,29)/t17-,21+/m0/s1. The Morgan fingerprint density at radius 1 is 1.10 bits per heavy atom. The molecule has 1 N–H and O–H groups in total. The third-order valence-corrected chi connectivity index (χ3v) is 6.76. The summed E-state index contributed by atoms with van der Waals surface area (Å²) in [6, 6.07) is 10.6. The summed E-state index contributed by atoms with van der Waals surface area (Å²) in [5, 5.41) is 4.95. The first-order valence-corrected chi connectivity index (χ1v) is 11.7. The Bertz CT molecular complexity index is 864. The molecule has 1 fully saturated rings. The van der Waals surface area contributed by atoms with Crippen molar-refractivity contribution < 1.29 is 14.0 Å². The number of carbonyl (C=O) groups is 2. The predicted molar refractivity (Wildman–Crippen MR) is 123 cm³/mol. The van der Waals surface area contributed by atoms with E-state index in [9.17, 15) is 14.0 Å². The molecule has 0 bridgehead atoms. The lowest BCUT2D eigenvalue weighted by Gasteiger charge is -2.42. The molecule has 0 spiro atoms. The number of hydrogen-bond acceptors (Lipinski definition) is 5. The third kappa shape index (κ3) is 5.43. The lowest BCUT2D eigenvalue weighted by molar-refractivity contribution is -0.146. The number of likely N-dealkylation sites (N-methyl/N-ethyl adjacent to an activating group) is 1. The summed E-state index contributed by atoms with van der Waals surface area (Å²) in [6.45, 7) is 9.54. The number of nitrogens with one attached hydrogen (secondary N) is 1. The fraction of sp³-hybridized carbons (Fsp3) is 0.478. The SMILES string of the molecule is CCN(CC)C(=O)C(=O)N[C@@H](C)[C@H](c1cccs1)N1CCN(c2ccccc2F)CC1. The quantitative estimate of drug-likeness (QED) is 0.664. The molecule has 0 saturated carbocycles. The fourth-order valence-electron chi connectivity index (χ4n) is 4.15. The minimum Gasteiger partial charge on any atom is -0.367 e. The van der Waals surface area contributed by atoms with Crippen LogP contribution in [0.3, 0.4) is 0 Å². The van der Waals surface area contributed by atoms with Gasteiger partial charge in [-0.1, -0.05) is 18.2 Å². The number of carbonyl (C=O) groups excluding carboxylic acids is 2. The van der Waals surface area contributed by atoms with Gasteiger partial charge in [0.2, 0.25) is 0 Å². The van der Waals surface area contributed by atoms with Crippen LogP contribution >= 0.6 is 11.3 Å². The second-order valence-electron chi connectivity index (χ2n) is 7.67. The van der Waals surface area contributed by atoms with Gasteiger partial charge in [-0.2, -0.15) is 0 Å². The molecule has 2 atom stereocenters. The van der Waals surface area contributed by atoms with E-state index in [-0.39, 0.29) is 17.9 Å². The molecule has 0 unspecified atom stereocenters. The Balaban J connectivity index is 1.70. The maximum Gasteiger partial charge on any atom is 0.311 e. The second kappa shape index (κ2) is 10.7. The number of hydrogen-bond donors (Lipinski definition) is 1. The van der Waals surface area contributed by atoms with Crippen LogP contribution in [0.4, 0.5) is 10.1 Å². The summed E-state index contributed by atoms with van der Waals surface area (Å²) in [5.41, 5.74) is 0.626. The second-order valence-corrected chi connectivity index (χ2v) is 8.65. The molecule has 1 aromatic carbocycles. The van der Waals surface area contributed by atoms with Crippen LogP contribution in [0.2, 0.25) is 0 Å². The van der Waals surface area contributed by atoms with Gasteiger partial charge < -0.3 is 15.1 Å². The van der Waals surface area contributed by atoms with E-state index in [1.54, 1.807) is 17.4 Å². The maximum absolute atomic E-state index is 14.2. The zero-order chi connectivity index (χ0) is 22.4. The fourth-order valence-corrected chi connectivity index (χ4v) is 5.12. The van der Waals surface area contributed by atoms with E-state index >= 15 is 0 Å². The molecule has 2 heterocycles. The third-order valence-electron chi connectivity index (χ3n) is 5.81. The molecule has 1 aliphatic heterocycles. The van der Waals surface area contributed by atoms with Gasteiger partial charge in [-0.15, -0.1) is 11.3 Å². The van der Waals surface area contributed by atoms with E-state index in [4.69, 9.17) is 0 Å². The number of rotatable bonds is 7. The minimum atomic E-state index is -0.567. The molecular formula is C23H31FN4O2S. The summed E-state index contributed by atoms with van der Waals surface area (Å²) in [7, 11) is 0. The average Bonchev–Trinajstić information content (AvgIpc) is 3.30. The summed E-state index contributed by atoms with van der Waals surface area (Å²) >= 11 is 1.64. The van der Waals surface area contributed by atoms with Crippen molar-refractivity contribution in [3.05, 3.63) is 52.5 Å². The van der Waals surface area contributed by atoms with Crippen LogP contribution < -0.4 is 10.2 Å². The Morgan fingerprint density at radius 3 is 2.35 bits per heavy atom. The maximum atomic E-state index is 14.2. The first-order chi connectivity index (χ1) is 15.0. The summed E-state index contributed by atoms with van der Waals surface area (Å²) < 4.78 is 14.2. The highest BCUT2D eigenvalue weighted by molar-refractivity contribution is 7.10. The predicted octanol–water partition coefficient (Wildman–Crippen LogP) is 3.12. The van der Waals surface area contributed by atoms with Crippen LogP contribution in [-0.4, -0.2) is 66.9 Å². The number of nitrogens with zero attached hydrogens (tertiary/aromatic N) is 3. The number of anilines is 1. The molecule has 1 aromatic heterocycles. The molecule has 1 aliphatic rings. The van der Waals surface area contributed by atoms with Gasteiger partial charge in [-0.3, -0.25) is 14.5 Å². The Hall–Kier alpha value is -2.45. The smallest absolute Gasteiger partial charge is 0.311 e. The normalized spacial score (nSPS) is 16.6. The topological polar surface area (TPSA) is 55.9 Å². The molecular weight excluding hydrogens is 415 g/mol. The molecule has 31 heavy (non-hydrogen) atoms. The van der Waals surface area contributed by atoms with E-state index in [0.29, 0.717) is 31.9 Å². The highest BCUT2D eigenvalue weighted by atomic mass is 32.1. The van der Waals surface area contributed by atoms with Crippen LogP contribution in [0.15, 0.2) is 41.8 Å². The van der Waals surface area contributed by atoms with E-state index in [1.807, 2.05) is 44.4 Å². The average molecular weight is 447 g/mol. The number of benzene rings is 1. The van der Waals surface area contributed by atoms with Crippen molar-refractivity contribution in [3.8, 4) is 0 Å². The van der Waals surface area contributed by atoms with E-state index in [2.05, 4.69) is 21.2 Å². The molecule has 2 aromatic rings. The van der Waals surface area contributed by atoms with Crippen molar-refractivity contribution in [2.45, 2.75) is 32.9 Å². The van der Waals surface area contributed by atoms with Gasteiger partial charge in [0.1, 0.15) is 5.82 Å². The Kier molecular flexibility index (Phi) is 8.03. The zero-order valence-electron chi connectivity index (χ0n) is 18.4. The Morgan fingerprint density at radius 2 is 1.77 bits per heavy atom. The number of halogens is 1. The van der Waals surface area contributed by atoms with Gasteiger partial charge in [0.15, 0.2) is 0 Å². The van der Waals surface area contributed by atoms with Gasteiger partial charge in [0, 0.05) is 50.2 Å². The van der Waals surface area contributed by atoms with Crippen LogP contribution in [-0.2, 0) is 9.59 Å². The first-order valence-electron chi connectivity index (χ1n) is 10.8. The van der Waals surface area contributed by atoms with Crippen LogP contribution in [0.1, 0.15) is 31.7 Å².